The highest BCUT2D eigenvalue weighted by Crippen LogP contribution is 2.39. The summed E-state index contributed by atoms with van der Waals surface area (Å²) in [5, 5.41) is 16.7. The van der Waals surface area contributed by atoms with E-state index in [4.69, 9.17) is 14.6 Å². The minimum Gasteiger partial charge on any atom is -0.483 e. The van der Waals surface area contributed by atoms with E-state index in [9.17, 15) is 5.11 Å². The summed E-state index contributed by atoms with van der Waals surface area (Å²) in [7, 11) is 0. The van der Waals surface area contributed by atoms with Crippen molar-refractivity contribution in [2.75, 3.05) is 19.7 Å². The van der Waals surface area contributed by atoms with Gasteiger partial charge in [0, 0.05) is 25.7 Å². The Kier molecular flexibility index (Phi) is 8.22. The largest absolute Gasteiger partial charge is 0.483 e. The molecule has 134 valence electrons. The molecule has 0 spiro atoms. The summed E-state index contributed by atoms with van der Waals surface area (Å²) in [4.78, 5) is 11.0. The third kappa shape index (κ3) is 6.59. The third-order valence-electron chi connectivity index (χ3n) is 4.74. The Labute approximate surface area is 144 Å². The second-order valence-electron chi connectivity index (χ2n) is 6.62. The molecule has 1 saturated heterocycles. The summed E-state index contributed by atoms with van der Waals surface area (Å²) >= 11 is 0. The zero-order chi connectivity index (χ0) is 17.2. The van der Waals surface area contributed by atoms with Crippen molar-refractivity contribution in [1.82, 2.24) is 4.90 Å². The quantitative estimate of drug-likeness (QED) is 0.592. The van der Waals surface area contributed by atoms with Gasteiger partial charge < -0.3 is 14.9 Å². The van der Waals surface area contributed by atoms with Crippen LogP contribution in [0.4, 0.5) is 0 Å². The number of rotatable bonds is 7. The van der Waals surface area contributed by atoms with Crippen LogP contribution in [-0.4, -0.2) is 53.4 Å². The number of carboxylic acid groups (broad SMARTS) is 1. The van der Waals surface area contributed by atoms with Crippen molar-refractivity contribution >= 4 is 6.47 Å². The Bertz CT molecular complexity index is 464. The van der Waals surface area contributed by atoms with Crippen molar-refractivity contribution in [3.8, 4) is 0 Å². The number of piperidine rings is 1. The first-order valence-electron chi connectivity index (χ1n) is 8.86. The second-order valence-corrected chi connectivity index (χ2v) is 6.62. The first-order chi connectivity index (χ1) is 11.7. The Morgan fingerprint density at radius 3 is 2.58 bits per heavy atom. The molecule has 24 heavy (non-hydrogen) atoms. The molecule has 2 N–H and O–H groups in total. The van der Waals surface area contributed by atoms with Gasteiger partial charge in [-0.25, -0.2) is 0 Å². The van der Waals surface area contributed by atoms with Gasteiger partial charge in [-0.2, -0.15) is 0 Å². The molecule has 2 fully saturated rings. The van der Waals surface area contributed by atoms with Crippen LogP contribution in [0.3, 0.4) is 0 Å². The van der Waals surface area contributed by atoms with Crippen LogP contribution in [0, 0.1) is 5.92 Å². The number of aliphatic hydroxyl groups is 1. The molecular weight excluding hydrogens is 306 g/mol. The average molecular weight is 335 g/mol. The lowest BCUT2D eigenvalue weighted by atomic mass is 9.95. The van der Waals surface area contributed by atoms with E-state index in [1.54, 1.807) is 0 Å². The molecule has 0 unspecified atom stereocenters. The Hall–Kier alpha value is -1.43. The maximum atomic E-state index is 9.86. The van der Waals surface area contributed by atoms with E-state index in [0.29, 0.717) is 12.6 Å². The summed E-state index contributed by atoms with van der Waals surface area (Å²) in [6, 6.07) is 11.0. The fourth-order valence-electron chi connectivity index (χ4n) is 3.41. The molecule has 2 aliphatic rings. The van der Waals surface area contributed by atoms with E-state index in [-0.39, 0.29) is 12.6 Å². The fourth-order valence-corrected chi connectivity index (χ4v) is 3.41. The van der Waals surface area contributed by atoms with Crippen LogP contribution >= 0.6 is 0 Å². The molecule has 0 amide bonds. The lowest BCUT2D eigenvalue weighted by Crippen LogP contribution is -2.46. The zero-order valence-electron chi connectivity index (χ0n) is 14.2. The van der Waals surface area contributed by atoms with Crippen LogP contribution in [0.15, 0.2) is 30.3 Å². The van der Waals surface area contributed by atoms with Crippen molar-refractivity contribution < 1.29 is 19.7 Å². The highest BCUT2D eigenvalue weighted by molar-refractivity contribution is 5.32. The molecule has 1 aromatic carbocycles. The van der Waals surface area contributed by atoms with Crippen LogP contribution in [0.25, 0.3) is 0 Å². The van der Waals surface area contributed by atoms with E-state index in [1.807, 2.05) is 6.07 Å². The molecule has 1 saturated carbocycles. The van der Waals surface area contributed by atoms with Crippen molar-refractivity contribution in [2.45, 2.75) is 50.9 Å². The van der Waals surface area contributed by atoms with Gasteiger partial charge in [0.2, 0.25) is 0 Å². The molecule has 1 aliphatic heterocycles. The topological polar surface area (TPSA) is 70.0 Å². The van der Waals surface area contributed by atoms with Crippen molar-refractivity contribution in [3.63, 3.8) is 0 Å². The van der Waals surface area contributed by atoms with E-state index < -0.39 is 0 Å². The predicted molar refractivity (Wildman–Crippen MR) is 92.7 cm³/mol. The van der Waals surface area contributed by atoms with Crippen LogP contribution in [0.5, 0.6) is 0 Å². The Balaban J connectivity index is 0.000000647. The standard InChI is InChI=1S/C18H27NO2.CH2O2/c20-17-9-11-19(18(13-17)16-7-8-16)10-4-12-21-14-15-5-2-1-3-6-15;2-1-3/h1-3,5-6,16-18,20H,4,7-14H2;1H,(H,2,3)/t17-,18+;/m0./s1. The minimum absolute atomic E-state index is 0.0684. The van der Waals surface area contributed by atoms with Crippen molar-refractivity contribution in [3.05, 3.63) is 35.9 Å². The summed E-state index contributed by atoms with van der Waals surface area (Å²) in [5.41, 5.74) is 1.24. The SMILES string of the molecule is O=CO.O[C@H]1CCN(CCCOCc2ccccc2)[C@@H](C2CC2)C1. The first kappa shape index (κ1) is 18.9. The average Bonchev–Trinajstić information content (AvgIpc) is 3.42. The highest BCUT2D eigenvalue weighted by Gasteiger charge is 2.38. The third-order valence-corrected chi connectivity index (χ3v) is 4.74. The summed E-state index contributed by atoms with van der Waals surface area (Å²) in [6.07, 6.45) is 5.66. The Morgan fingerprint density at radius 2 is 1.92 bits per heavy atom. The predicted octanol–water partition coefficient (Wildman–Crippen LogP) is 2.53. The van der Waals surface area contributed by atoms with Gasteiger partial charge in [0.25, 0.3) is 6.47 Å². The van der Waals surface area contributed by atoms with Gasteiger partial charge in [-0.1, -0.05) is 30.3 Å². The second kappa shape index (κ2) is 10.4. The van der Waals surface area contributed by atoms with Crippen molar-refractivity contribution in [2.24, 2.45) is 5.92 Å². The van der Waals surface area contributed by atoms with Crippen LogP contribution in [0.1, 0.15) is 37.7 Å². The number of benzene rings is 1. The molecule has 0 radical (unpaired) electrons. The smallest absolute Gasteiger partial charge is 0.290 e. The van der Waals surface area contributed by atoms with Gasteiger partial charge in [-0.15, -0.1) is 0 Å². The number of ether oxygens (including phenoxy) is 1. The zero-order valence-corrected chi connectivity index (χ0v) is 14.2. The first-order valence-corrected chi connectivity index (χ1v) is 8.86. The van der Waals surface area contributed by atoms with E-state index in [1.165, 1.54) is 18.4 Å². The van der Waals surface area contributed by atoms with Gasteiger partial charge in [0.05, 0.1) is 12.7 Å². The number of hydrogen-bond donors (Lipinski definition) is 2. The minimum atomic E-state index is -0.250. The monoisotopic (exact) mass is 335 g/mol. The number of carbonyl (C=O) groups is 1. The lowest BCUT2D eigenvalue weighted by Gasteiger charge is -2.38. The van der Waals surface area contributed by atoms with Crippen LogP contribution < -0.4 is 0 Å². The molecule has 0 aromatic heterocycles. The van der Waals surface area contributed by atoms with Gasteiger partial charge >= 0.3 is 0 Å². The summed E-state index contributed by atoms with van der Waals surface area (Å²) in [5.74, 6) is 0.852. The number of aliphatic hydroxyl groups excluding tert-OH is 1. The molecule has 5 nitrogen and oxygen atoms in total. The number of likely N-dealkylation sites (tertiary alicyclic amines) is 1. The van der Waals surface area contributed by atoms with Gasteiger partial charge in [-0.3, -0.25) is 9.69 Å². The maximum absolute atomic E-state index is 9.86. The Morgan fingerprint density at radius 1 is 1.21 bits per heavy atom. The highest BCUT2D eigenvalue weighted by atomic mass is 16.5. The van der Waals surface area contributed by atoms with Gasteiger partial charge in [0.15, 0.2) is 0 Å². The molecule has 1 heterocycles. The maximum Gasteiger partial charge on any atom is 0.290 e. The molecule has 3 rings (SSSR count). The molecule has 2 atom stereocenters. The fraction of sp³-hybridized carbons (Fsp3) is 0.632. The van der Waals surface area contributed by atoms with Gasteiger partial charge in [0.1, 0.15) is 0 Å². The van der Waals surface area contributed by atoms with E-state index >= 15 is 0 Å². The lowest BCUT2D eigenvalue weighted by molar-refractivity contribution is -0.122. The van der Waals surface area contributed by atoms with Crippen LogP contribution in [-0.2, 0) is 16.1 Å². The van der Waals surface area contributed by atoms with Crippen LogP contribution in [0.2, 0.25) is 0 Å². The molecule has 0 bridgehead atoms. The normalized spacial score (nSPS) is 24.0. The van der Waals surface area contributed by atoms with Crippen molar-refractivity contribution in [1.29, 1.82) is 0 Å². The molecule has 5 heteroatoms. The molecular formula is C19H29NO4. The van der Waals surface area contributed by atoms with E-state index in [2.05, 4.69) is 29.2 Å². The molecule has 1 aliphatic carbocycles. The summed E-state index contributed by atoms with van der Waals surface area (Å²) < 4.78 is 5.77. The number of hydrogen-bond acceptors (Lipinski definition) is 4. The van der Waals surface area contributed by atoms with Gasteiger partial charge in [-0.05, 0) is 43.6 Å². The van der Waals surface area contributed by atoms with E-state index in [0.717, 1.165) is 44.9 Å². The summed E-state index contributed by atoms with van der Waals surface area (Å²) in [6.45, 7) is 3.46. The molecule has 1 aromatic rings. The number of nitrogens with zero attached hydrogens (tertiary/aromatic N) is 1.